The van der Waals surface area contributed by atoms with Crippen molar-refractivity contribution in [1.29, 1.82) is 0 Å². The zero-order chi connectivity index (χ0) is 22.0. The fraction of sp³-hybridized carbons (Fsp3) is 0.227. The lowest BCUT2D eigenvalue weighted by Gasteiger charge is -2.11. The van der Waals surface area contributed by atoms with Gasteiger partial charge in [-0.05, 0) is 49.7 Å². The van der Waals surface area contributed by atoms with Gasteiger partial charge in [-0.3, -0.25) is 14.2 Å². The van der Waals surface area contributed by atoms with Gasteiger partial charge in [-0.2, -0.15) is 4.98 Å². The van der Waals surface area contributed by atoms with Gasteiger partial charge in [0.2, 0.25) is 17.6 Å². The average Bonchev–Trinajstić information content (AvgIpc) is 3.25. The van der Waals surface area contributed by atoms with E-state index in [9.17, 15) is 14.0 Å². The van der Waals surface area contributed by atoms with E-state index in [-0.39, 0.29) is 36.1 Å². The second kappa shape index (κ2) is 8.47. The number of carbonyl (C=O) groups is 1. The Morgan fingerprint density at radius 3 is 2.77 bits per heavy atom. The number of amides is 1. The number of nitrogens with zero attached hydrogens (tertiary/aromatic N) is 4. The summed E-state index contributed by atoms with van der Waals surface area (Å²) in [5.41, 5.74) is 2.01. The fourth-order valence-corrected chi connectivity index (χ4v) is 3.22. The van der Waals surface area contributed by atoms with Crippen LogP contribution in [0, 0.1) is 12.7 Å². The largest absolute Gasteiger partial charge is 0.345 e. The standard InChI is InChI=1S/C22H20FN5O3/c1-13-4-3-5-17-19(13)24-12-28(22(17)30)11-10-18(29)25-14(2)21-26-20(27-31-21)15-6-8-16(23)9-7-15/h3-9,12,14H,10-11H2,1-2H3,(H,25,29). The van der Waals surface area contributed by atoms with Gasteiger partial charge < -0.3 is 9.84 Å². The number of aromatic nitrogens is 4. The van der Waals surface area contributed by atoms with E-state index in [2.05, 4.69) is 20.4 Å². The van der Waals surface area contributed by atoms with Crippen LogP contribution in [-0.2, 0) is 11.3 Å². The average molecular weight is 421 g/mol. The molecule has 2 heterocycles. The molecule has 0 radical (unpaired) electrons. The molecule has 0 aliphatic carbocycles. The van der Waals surface area contributed by atoms with E-state index in [1.54, 1.807) is 25.1 Å². The van der Waals surface area contributed by atoms with Gasteiger partial charge in [-0.15, -0.1) is 0 Å². The van der Waals surface area contributed by atoms with Crippen LogP contribution >= 0.6 is 0 Å². The highest BCUT2D eigenvalue weighted by atomic mass is 19.1. The molecule has 31 heavy (non-hydrogen) atoms. The number of halogens is 1. The van der Waals surface area contributed by atoms with E-state index >= 15 is 0 Å². The Hall–Kier alpha value is -3.88. The van der Waals surface area contributed by atoms with Crippen molar-refractivity contribution < 1.29 is 13.7 Å². The Bertz CT molecular complexity index is 1300. The predicted molar refractivity (Wildman–Crippen MR) is 112 cm³/mol. The highest BCUT2D eigenvalue weighted by Gasteiger charge is 2.18. The quantitative estimate of drug-likeness (QED) is 0.513. The van der Waals surface area contributed by atoms with Crippen molar-refractivity contribution in [2.24, 2.45) is 0 Å². The van der Waals surface area contributed by atoms with Crippen LogP contribution in [-0.4, -0.2) is 25.6 Å². The maximum atomic E-state index is 13.1. The minimum atomic E-state index is -0.525. The van der Waals surface area contributed by atoms with Crippen LogP contribution in [0.5, 0.6) is 0 Å². The lowest BCUT2D eigenvalue weighted by molar-refractivity contribution is -0.122. The molecule has 1 unspecified atom stereocenters. The topological polar surface area (TPSA) is 103 Å². The Morgan fingerprint density at radius 2 is 2.00 bits per heavy atom. The molecule has 4 rings (SSSR count). The number of carbonyl (C=O) groups excluding carboxylic acids is 1. The number of benzene rings is 2. The molecular weight excluding hydrogens is 401 g/mol. The van der Waals surface area contributed by atoms with E-state index in [1.165, 1.54) is 23.0 Å². The van der Waals surface area contributed by atoms with Crippen LogP contribution < -0.4 is 10.9 Å². The third-order valence-corrected chi connectivity index (χ3v) is 4.93. The first-order valence-corrected chi connectivity index (χ1v) is 9.76. The monoisotopic (exact) mass is 421 g/mol. The zero-order valence-corrected chi connectivity index (χ0v) is 17.0. The summed E-state index contributed by atoms with van der Waals surface area (Å²) in [5, 5.41) is 7.17. The molecule has 9 heteroatoms. The Morgan fingerprint density at radius 1 is 1.23 bits per heavy atom. The van der Waals surface area contributed by atoms with E-state index < -0.39 is 6.04 Å². The van der Waals surface area contributed by atoms with Crippen molar-refractivity contribution in [3.05, 3.63) is 76.4 Å². The van der Waals surface area contributed by atoms with Crippen LogP contribution in [0.4, 0.5) is 4.39 Å². The first-order chi connectivity index (χ1) is 14.9. The van der Waals surface area contributed by atoms with Gasteiger partial charge in [0.15, 0.2) is 0 Å². The number of fused-ring (bicyclic) bond motifs is 1. The van der Waals surface area contributed by atoms with Crippen molar-refractivity contribution >= 4 is 16.8 Å². The summed E-state index contributed by atoms with van der Waals surface area (Å²) < 4.78 is 19.7. The van der Waals surface area contributed by atoms with Gasteiger partial charge in [0, 0.05) is 18.5 Å². The van der Waals surface area contributed by atoms with Crippen molar-refractivity contribution in [1.82, 2.24) is 25.0 Å². The molecule has 1 atom stereocenters. The first kappa shape index (κ1) is 20.4. The van der Waals surface area contributed by atoms with Gasteiger partial charge in [0.25, 0.3) is 5.56 Å². The number of hydrogen-bond donors (Lipinski definition) is 1. The smallest absolute Gasteiger partial charge is 0.261 e. The molecule has 158 valence electrons. The normalized spacial score (nSPS) is 12.1. The van der Waals surface area contributed by atoms with Crippen LogP contribution in [0.15, 0.2) is 58.1 Å². The van der Waals surface area contributed by atoms with Crippen LogP contribution in [0.1, 0.15) is 30.8 Å². The molecule has 0 aliphatic rings. The van der Waals surface area contributed by atoms with Crippen LogP contribution in [0.25, 0.3) is 22.3 Å². The van der Waals surface area contributed by atoms with E-state index in [0.29, 0.717) is 22.3 Å². The van der Waals surface area contributed by atoms with Gasteiger partial charge in [0.1, 0.15) is 11.9 Å². The molecule has 4 aromatic rings. The molecule has 8 nitrogen and oxygen atoms in total. The minimum Gasteiger partial charge on any atom is -0.345 e. The van der Waals surface area contributed by atoms with Crippen molar-refractivity contribution in [3.8, 4) is 11.4 Å². The van der Waals surface area contributed by atoms with Crippen LogP contribution in [0.2, 0.25) is 0 Å². The number of para-hydroxylation sites is 1. The summed E-state index contributed by atoms with van der Waals surface area (Å²) in [6, 6.07) is 10.6. The van der Waals surface area contributed by atoms with Gasteiger partial charge in [-0.25, -0.2) is 9.37 Å². The van der Waals surface area contributed by atoms with Crippen molar-refractivity contribution in [2.75, 3.05) is 0 Å². The molecule has 2 aromatic heterocycles. The van der Waals surface area contributed by atoms with Gasteiger partial charge >= 0.3 is 0 Å². The summed E-state index contributed by atoms with van der Waals surface area (Å²) in [6.07, 6.45) is 1.55. The first-order valence-electron chi connectivity index (χ1n) is 9.76. The van der Waals surface area contributed by atoms with E-state index in [4.69, 9.17) is 4.52 Å². The Kier molecular flexibility index (Phi) is 5.57. The molecule has 0 bridgehead atoms. The summed E-state index contributed by atoms with van der Waals surface area (Å²) >= 11 is 0. The SMILES string of the molecule is Cc1cccc2c(=O)n(CCC(=O)NC(C)c3nc(-c4ccc(F)cc4)no3)cnc12. The maximum Gasteiger partial charge on any atom is 0.261 e. The third kappa shape index (κ3) is 4.35. The molecule has 1 N–H and O–H groups in total. The second-order valence-corrected chi connectivity index (χ2v) is 7.22. The van der Waals surface area contributed by atoms with Gasteiger partial charge in [0.05, 0.1) is 17.2 Å². The highest BCUT2D eigenvalue weighted by Crippen LogP contribution is 2.19. The summed E-state index contributed by atoms with van der Waals surface area (Å²) in [7, 11) is 0. The predicted octanol–water partition coefficient (Wildman–Crippen LogP) is 3.16. The Balaban J connectivity index is 1.39. The summed E-state index contributed by atoms with van der Waals surface area (Å²) in [6.45, 7) is 3.80. The summed E-state index contributed by atoms with van der Waals surface area (Å²) in [4.78, 5) is 33.6. The number of aryl methyl sites for hydroxylation is 2. The molecule has 1 amide bonds. The number of hydrogen-bond acceptors (Lipinski definition) is 6. The lowest BCUT2D eigenvalue weighted by Crippen LogP contribution is -2.29. The zero-order valence-electron chi connectivity index (χ0n) is 17.0. The number of rotatable bonds is 6. The summed E-state index contributed by atoms with van der Waals surface area (Å²) in [5.74, 6) is -0.0953. The molecule has 0 saturated heterocycles. The van der Waals surface area contributed by atoms with Gasteiger partial charge in [-0.1, -0.05) is 17.3 Å². The van der Waals surface area contributed by atoms with E-state index in [0.717, 1.165) is 5.56 Å². The minimum absolute atomic E-state index is 0.0855. The highest BCUT2D eigenvalue weighted by molar-refractivity contribution is 5.80. The molecule has 0 fully saturated rings. The van der Waals surface area contributed by atoms with Crippen molar-refractivity contribution in [2.45, 2.75) is 32.9 Å². The van der Waals surface area contributed by atoms with Crippen LogP contribution in [0.3, 0.4) is 0 Å². The fourth-order valence-electron chi connectivity index (χ4n) is 3.22. The maximum absolute atomic E-state index is 13.1. The molecule has 0 spiro atoms. The molecule has 0 saturated carbocycles. The second-order valence-electron chi connectivity index (χ2n) is 7.22. The number of nitrogens with one attached hydrogen (secondary N) is 1. The third-order valence-electron chi connectivity index (χ3n) is 4.93. The van der Waals surface area contributed by atoms with Crippen molar-refractivity contribution in [3.63, 3.8) is 0 Å². The lowest BCUT2D eigenvalue weighted by atomic mass is 10.1. The molecule has 2 aromatic carbocycles. The Labute approximate surface area is 176 Å². The molecule has 0 aliphatic heterocycles. The molecular formula is C22H20FN5O3. The van der Waals surface area contributed by atoms with E-state index in [1.807, 2.05) is 19.1 Å².